The second-order valence-electron chi connectivity index (χ2n) is 2.11. The highest BCUT2D eigenvalue weighted by molar-refractivity contribution is 8.43. The molecule has 1 rings (SSSR count). The van der Waals surface area contributed by atoms with Gasteiger partial charge >= 0.3 is 6.18 Å². The van der Waals surface area contributed by atoms with Gasteiger partial charge in [-0.1, -0.05) is 0 Å². The van der Waals surface area contributed by atoms with Crippen molar-refractivity contribution in [3.63, 3.8) is 0 Å². The molecule has 1 aliphatic rings. The first kappa shape index (κ1) is 10.5. The van der Waals surface area contributed by atoms with Crippen LogP contribution in [0.3, 0.4) is 0 Å². The lowest BCUT2D eigenvalue weighted by Crippen LogP contribution is -2.17. The monoisotopic (exact) mass is 231 g/mol. The molecule has 74 valence electrons. The molecule has 0 fully saturated rings. The second-order valence-corrected chi connectivity index (χ2v) is 5.90. The van der Waals surface area contributed by atoms with Gasteiger partial charge in [0.25, 0.3) is 9.26 Å². The Morgan fingerprint density at radius 2 is 2.00 bits per heavy atom. The van der Waals surface area contributed by atoms with Gasteiger partial charge in [0.05, 0.1) is 5.04 Å². The number of halogens is 3. The predicted molar refractivity (Wildman–Crippen MR) is 43.5 cm³/mol. The zero-order valence-corrected chi connectivity index (χ0v) is 7.92. The van der Waals surface area contributed by atoms with Gasteiger partial charge in [-0.15, -0.1) is 0 Å². The fourth-order valence-corrected chi connectivity index (χ4v) is 3.50. The molecular formula is C5H4F3NO2S2. The van der Waals surface area contributed by atoms with Crippen LogP contribution in [0.5, 0.6) is 0 Å². The Morgan fingerprint density at radius 3 is 2.31 bits per heavy atom. The van der Waals surface area contributed by atoms with E-state index in [4.69, 9.17) is 0 Å². The maximum atomic E-state index is 12.1. The molecule has 1 heterocycles. The molecule has 0 aliphatic carbocycles. The molecule has 0 aromatic heterocycles. The minimum absolute atomic E-state index is 0.0272. The lowest BCUT2D eigenvalue weighted by Gasteiger charge is -2.06. The quantitative estimate of drug-likeness (QED) is 0.629. The molecule has 0 saturated carbocycles. The second kappa shape index (κ2) is 3.26. The van der Waals surface area contributed by atoms with E-state index in [2.05, 4.69) is 4.99 Å². The number of rotatable bonds is 0. The van der Waals surface area contributed by atoms with E-state index in [-0.39, 0.29) is 5.04 Å². The molecule has 0 saturated heterocycles. The Bertz CT molecular complexity index is 421. The van der Waals surface area contributed by atoms with E-state index in [1.54, 1.807) is 0 Å². The van der Waals surface area contributed by atoms with E-state index in [1.807, 2.05) is 0 Å². The number of aliphatic imine (C=N–C) groups is 1. The van der Waals surface area contributed by atoms with Crippen LogP contribution in [-0.4, -0.2) is 19.6 Å². The highest BCUT2D eigenvalue weighted by atomic mass is 32.9. The van der Waals surface area contributed by atoms with E-state index in [9.17, 15) is 21.6 Å². The topological polar surface area (TPSA) is 46.5 Å². The van der Waals surface area contributed by atoms with Crippen LogP contribution >= 0.6 is 0 Å². The smallest absolute Gasteiger partial charge is 0.253 e. The SMILES string of the molecule is CC1=NC=C(C(F)(F)F)S1=S(=O)=O. The van der Waals surface area contributed by atoms with Crippen LogP contribution in [0.2, 0.25) is 0 Å². The number of alkyl halides is 3. The van der Waals surface area contributed by atoms with Crippen molar-refractivity contribution in [2.45, 2.75) is 13.1 Å². The summed E-state index contributed by atoms with van der Waals surface area (Å²) in [6.07, 6.45) is -4.06. The molecule has 8 heteroatoms. The largest absolute Gasteiger partial charge is 0.424 e. The van der Waals surface area contributed by atoms with Crippen LogP contribution in [0.15, 0.2) is 16.1 Å². The van der Waals surface area contributed by atoms with Crippen LogP contribution in [0, 0.1) is 0 Å². The number of hydrogen-bond donors (Lipinski definition) is 0. The van der Waals surface area contributed by atoms with Crippen molar-refractivity contribution in [2.75, 3.05) is 0 Å². The van der Waals surface area contributed by atoms with Gasteiger partial charge in [-0.05, 0) is 6.92 Å². The average molecular weight is 231 g/mol. The van der Waals surface area contributed by atoms with Gasteiger partial charge in [-0.2, -0.15) is 21.6 Å². The molecule has 0 aromatic rings. The Balaban J connectivity index is 3.32. The maximum Gasteiger partial charge on any atom is 0.424 e. The fourth-order valence-electron chi connectivity index (χ4n) is 0.754. The highest BCUT2D eigenvalue weighted by Gasteiger charge is 2.40. The van der Waals surface area contributed by atoms with E-state index in [0.717, 1.165) is 0 Å². The number of hydrogen-bond acceptors (Lipinski definition) is 3. The van der Waals surface area contributed by atoms with Crippen molar-refractivity contribution in [1.29, 1.82) is 0 Å². The molecule has 0 N–H and O–H groups in total. The summed E-state index contributed by atoms with van der Waals surface area (Å²) >= 11 is 0. The molecule has 1 aliphatic heterocycles. The molecule has 0 amide bonds. The van der Waals surface area contributed by atoms with Gasteiger partial charge < -0.3 is 0 Å². The summed E-state index contributed by atoms with van der Waals surface area (Å²) in [5, 5.41) is -0.0272. The lowest BCUT2D eigenvalue weighted by molar-refractivity contribution is -0.0837. The third kappa shape index (κ3) is 1.99. The first-order chi connectivity index (χ1) is 5.84. The van der Waals surface area contributed by atoms with Crippen LogP contribution in [0.1, 0.15) is 6.92 Å². The van der Waals surface area contributed by atoms with Gasteiger partial charge in [0.15, 0.2) is 0 Å². The van der Waals surface area contributed by atoms with Crippen molar-refractivity contribution < 1.29 is 21.6 Å². The first-order valence-electron chi connectivity index (χ1n) is 3.00. The summed E-state index contributed by atoms with van der Waals surface area (Å²) in [5.41, 5.74) is 0. The van der Waals surface area contributed by atoms with E-state index in [1.165, 1.54) is 6.92 Å². The summed E-state index contributed by atoms with van der Waals surface area (Å²) in [6.45, 7) is 1.26. The van der Waals surface area contributed by atoms with Crippen LogP contribution in [-0.2, 0) is 18.7 Å². The average Bonchev–Trinajstić information content (AvgIpc) is 2.28. The summed E-state index contributed by atoms with van der Waals surface area (Å²) in [5.74, 6) is 0. The summed E-state index contributed by atoms with van der Waals surface area (Å²) < 4.78 is 57.3. The van der Waals surface area contributed by atoms with Crippen molar-refractivity contribution in [2.24, 2.45) is 4.99 Å². The minimum Gasteiger partial charge on any atom is -0.253 e. The van der Waals surface area contributed by atoms with Gasteiger partial charge in [-0.25, -0.2) is 0 Å². The highest BCUT2D eigenvalue weighted by Crippen LogP contribution is 2.32. The molecule has 1 atom stereocenters. The van der Waals surface area contributed by atoms with Crippen LogP contribution < -0.4 is 0 Å². The molecule has 0 aromatic carbocycles. The Kier molecular flexibility index (Phi) is 2.62. The zero-order chi connectivity index (χ0) is 10.2. The third-order valence-electron chi connectivity index (χ3n) is 1.25. The molecule has 0 radical (unpaired) electrons. The molecule has 0 spiro atoms. The summed E-state index contributed by atoms with van der Waals surface area (Å²) in [7, 11) is -4.72. The normalized spacial score (nSPS) is 22.6. The Labute approximate surface area is 75.1 Å². The van der Waals surface area contributed by atoms with Gasteiger partial charge in [0.1, 0.15) is 4.91 Å². The van der Waals surface area contributed by atoms with E-state index in [0.29, 0.717) is 6.20 Å². The van der Waals surface area contributed by atoms with Crippen molar-refractivity contribution in [3.8, 4) is 0 Å². The lowest BCUT2D eigenvalue weighted by atomic mass is 10.6. The van der Waals surface area contributed by atoms with Gasteiger partial charge in [0, 0.05) is 15.7 Å². The molecular weight excluding hydrogens is 227 g/mol. The minimum atomic E-state index is -4.62. The van der Waals surface area contributed by atoms with Crippen molar-refractivity contribution in [3.05, 3.63) is 11.1 Å². The molecule has 13 heavy (non-hydrogen) atoms. The van der Waals surface area contributed by atoms with E-state index < -0.39 is 29.8 Å². The fraction of sp³-hybridized carbons (Fsp3) is 0.400. The number of allylic oxidation sites excluding steroid dienone is 1. The molecule has 0 bridgehead atoms. The third-order valence-corrected chi connectivity index (χ3v) is 4.98. The standard InChI is InChI=1S/C5H4F3NO2S2/c1-3-9-2-4(5(6,7)8)12(3)13(10)11/h2H,1H3. The zero-order valence-electron chi connectivity index (χ0n) is 6.29. The Hall–Kier alpha value is -0.630. The van der Waals surface area contributed by atoms with Gasteiger partial charge in [-0.3, -0.25) is 4.99 Å². The van der Waals surface area contributed by atoms with Crippen molar-refractivity contribution in [1.82, 2.24) is 0 Å². The number of nitrogens with zero attached hydrogens (tertiary/aromatic N) is 1. The molecule has 1 unspecified atom stereocenters. The summed E-state index contributed by atoms with van der Waals surface area (Å²) in [4.78, 5) is 2.24. The van der Waals surface area contributed by atoms with Crippen molar-refractivity contribution >= 4 is 23.8 Å². The molecule has 3 nitrogen and oxygen atoms in total. The first-order valence-corrected chi connectivity index (χ1v) is 5.81. The van der Waals surface area contributed by atoms with Gasteiger partial charge in [0.2, 0.25) is 0 Å². The van der Waals surface area contributed by atoms with Crippen LogP contribution in [0.4, 0.5) is 13.2 Å². The van der Waals surface area contributed by atoms with Crippen LogP contribution in [0.25, 0.3) is 0 Å². The Morgan fingerprint density at radius 1 is 1.46 bits per heavy atom. The van der Waals surface area contributed by atoms with E-state index >= 15 is 0 Å². The predicted octanol–water partition coefficient (Wildman–Crippen LogP) is 1.23. The summed E-state index contributed by atoms with van der Waals surface area (Å²) in [6, 6.07) is 0. The maximum absolute atomic E-state index is 12.1.